The first kappa shape index (κ1) is 19.6. The number of morpholine rings is 1. The van der Waals surface area contributed by atoms with Gasteiger partial charge in [0.05, 0.1) is 25.3 Å². The molecule has 0 aliphatic carbocycles. The summed E-state index contributed by atoms with van der Waals surface area (Å²) in [4.78, 5) is 9.91. The van der Waals surface area contributed by atoms with Crippen LogP contribution in [0.2, 0.25) is 0 Å². The summed E-state index contributed by atoms with van der Waals surface area (Å²) in [6.45, 7) is 12.5. The molecule has 1 atom stereocenters. The van der Waals surface area contributed by atoms with E-state index in [4.69, 9.17) is 9.73 Å². The van der Waals surface area contributed by atoms with Crippen LogP contribution in [-0.4, -0.2) is 85.8 Å². The molecule has 0 radical (unpaired) electrons. The number of rotatable bonds is 8. The SMILES string of the molecule is C=CCCCN(C)C(=NCC1(N2CCOCC2)CCSC1)NCC. The van der Waals surface area contributed by atoms with E-state index < -0.39 is 0 Å². The maximum Gasteiger partial charge on any atom is 0.193 e. The summed E-state index contributed by atoms with van der Waals surface area (Å²) in [6.07, 6.45) is 5.40. The van der Waals surface area contributed by atoms with Gasteiger partial charge >= 0.3 is 0 Å². The summed E-state index contributed by atoms with van der Waals surface area (Å²) < 4.78 is 5.55. The summed E-state index contributed by atoms with van der Waals surface area (Å²) in [7, 11) is 2.13. The Morgan fingerprint density at radius 3 is 2.88 bits per heavy atom. The minimum absolute atomic E-state index is 0.219. The number of nitrogens with zero attached hydrogens (tertiary/aromatic N) is 3. The molecule has 6 heteroatoms. The molecule has 5 nitrogen and oxygen atoms in total. The zero-order valence-corrected chi connectivity index (χ0v) is 16.2. The summed E-state index contributed by atoms with van der Waals surface area (Å²) in [5.41, 5.74) is 0.219. The average molecular weight is 355 g/mol. The van der Waals surface area contributed by atoms with Crippen molar-refractivity contribution in [3.8, 4) is 0 Å². The first-order valence-corrected chi connectivity index (χ1v) is 10.4. The Labute approximate surface area is 151 Å². The van der Waals surface area contributed by atoms with Crippen LogP contribution < -0.4 is 5.32 Å². The molecule has 0 aromatic heterocycles. The van der Waals surface area contributed by atoms with Gasteiger partial charge in [0.15, 0.2) is 5.96 Å². The second-order valence-electron chi connectivity index (χ2n) is 6.65. The van der Waals surface area contributed by atoms with E-state index in [1.165, 1.54) is 17.9 Å². The normalized spacial score (nSPS) is 25.7. The maximum absolute atomic E-state index is 5.55. The number of ether oxygens (including phenoxy) is 1. The number of allylic oxidation sites excluding steroid dienone is 1. The monoisotopic (exact) mass is 354 g/mol. The zero-order chi connectivity index (χ0) is 17.3. The fraction of sp³-hybridized carbons (Fsp3) is 0.833. The molecule has 2 rings (SSSR count). The first-order chi connectivity index (χ1) is 11.7. The smallest absolute Gasteiger partial charge is 0.193 e. The van der Waals surface area contributed by atoms with Crippen LogP contribution in [0.15, 0.2) is 17.6 Å². The topological polar surface area (TPSA) is 40.1 Å². The second-order valence-corrected chi connectivity index (χ2v) is 7.75. The Morgan fingerprint density at radius 1 is 1.46 bits per heavy atom. The minimum atomic E-state index is 0.219. The quantitative estimate of drug-likeness (QED) is 0.313. The Hall–Kier alpha value is -0.720. The molecule has 138 valence electrons. The van der Waals surface area contributed by atoms with E-state index in [1.807, 2.05) is 6.08 Å². The van der Waals surface area contributed by atoms with Crippen molar-refractivity contribution in [3.63, 3.8) is 0 Å². The van der Waals surface area contributed by atoms with Gasteiger partial charge in [0.25, 0.3) is 0 Å². The van der Waals surface area contributed by atoms with Gasteiger partial charge in [-0.2, -0.15) is 11.8 Å². The van der Waals surface area contributed by atoms with Gasteiger partial charge in [-0.3, -0.25) is 9.89 Å². The second kappa shape index (κ2) is 10.3. The molecule has 2 aliphatic heterocycles. The molecule has 0 saturated carbocycles. The number of thioether (sulfide) groups is 1. The Kier molecular flexibility index (Phi) is 8.42. The number of guanidine groups is 1. The number of hydrogen-bond acceptors (Lipinski definition) is 4. The van der Waals surface area contributed by atoms with Crippen LogP contribution in [0.1, 0.15) is 26.2 Å². The molecule has 1 N–H and O–H groups in total. The van der Waals surface area contributed by atoms with E-state index >= 15 is 0 Å². The van der Waals surface area contributed by atoms with E-state index in [2.05, 4.69) is 47.4 Å². The van der Waals surface area contributed by atoms with Gasteiger partial charge in [0.1, 0.15) is 0 Å². The highest BCUT2D eigenvalue weighted by molar-refractivity contribution is 7.99. The first-order valence-electron chi connectivity index (χ1n) is 9.23. The van der Waals surface area contributed by atoms with Crippen molar-refractivity contribution in [1.82, 2.24) is 15.1 Å². The summed E-state index contributed by atoms with van der Waals surface area (Å²) in [5.74, 6) is 3.47. The number of unbranched alkanes of at least 4 members (excludes halogenated alkanes) is 1. The van der Waals surface area contributed by atoms with E-state index in [-0.39, 0.29) is 5.54 Å². The molecule has 0 amide bonds. The average Bonchev–Trinajstić information content (AvgIpc) is 3.09. The van der Waals surface area contributed by atoms with Crippen LogP contribution in [0.25, 0.3) is 0 Å². The fourth-order valence-corrected chi connectivity index (χ4v) is 4.85. The molecule has 0 bridgehead atoms. The van der Waals surface area contributed by atoms with Crippen molar-refractivity contribution in [2.45, 2.75) is 31.7 Å². The van der Waals surface area contributed by atoms with Crippen molar-refractivity contribution in [2.24, 2.45) is 4.99 Å². The maximum atomic E-state index is 5.55. The lowest BCUT2D eigenvalue weighted by Gasteiger charge is -2.42. The zero-order valence-electron chi connectivity index (χ0n) is 15.4. The van der Waals surface area contributed by atoms with Gasteiger partial charge in [0.2, 0.25) is 0 Å². The Morgan fingerprint density at radius 2 is 2.25 bits per heavy atom. The molecule has 24 heavy (non-hydrogen) atoms. The van der Waals surface area contributed by atoms with Gasteiger partial charge in [-0.1, -0.05) is 6.08 Å². The van der Waals surface area contributed by atoms with Crippen LogP contribution >= 0.6 is 11.8 Å². The summed E-state index contributed by atoms with van der Waals surface area (Å²) >= 11 is 2.07. The van der Waals surface area contributed by atoms with Crippen LogP contribution in [0.5, 0.6) is 0 Å². The van der Waals surface area contributed by atoms with Gasteiger partial charge in [-0.25, -0.2) is 0 Å². The lowest BCUT2D eigenvalue weighted by Crippen LogP contribution is -2.56. The lowest BCUT2D eigenvalue weighted by molar-refractivity contribution is -0.0105. The Bertz CT molecular complexity index is 404. The van der Waals surface area contributed by atoms with Crippen LogP contribution in [-0.2, 0) is 4.74 Å². The van der Waals surface area contributed by atoms with Crippen molar-refractivity contribution in [2.75, 3.05) is 64.5 Å². The van der Waals surface area contributed by atoms with Crippen LogP contribution in [0.4, 0.5) is 0 Å². The lowest BCUT2D eigenvalue weighted by atomic mass is 9.96. The predicted molar refractivity (Wildman–Crippen MR) is 105 cm³/mol. The highest BCUT2D eigenvalue weighted by Crippen LogP contribution is 2.34. The van der Waals surface area contributed by atoms with Gasteiger partial charge in [-0.05, 0) is 31.9 Å². The summed E-state index contributed by atoms with van der Waals surface area (Å²) in [5, 5.41) is 3.45. The number of nitrogens with one attached hydrogen (secondary N) is 1. The van der Waals surface area contributed by atoms with Crippen LogP contribution in [0.3, 0.4) is 0 Å². The Balaban J connectivity index is 2.01. The number of aliphatic imine (C=N–C) groups is 1. The third-order valence-corrected chi connectivity index (χ3v) is 6.12. The molecule has 0 aromatic rings. The fourth-order valence-electron chi connectivity index (χ4n) is 3.38. The van der Waals surface area contributed by atoms with Crippen molar-refractivity contribution in [1.29, 1.82) is 0 Å². The van der Waals surface area contributed by atoms with E-state index in [1.54, 1.807) is 0 Å². The van der Waals surface area contributed by atoms with E-state index in [0.29, 0.717) is 0 Å². The van der Waals surface area contributed by atoms with Crippen LogP contribution in [0, 0.1) is 0 Å². The van der Waals surface area contributed by atoms with Crippen molar-refractivity contribution >= 4 is 17.7 Å². The van der Waals surface area contributed by atoms with Crippen molar-refractivity contribution in [3.05, 3.63) is 12.7 Å². The molecule has 2 heterocycles. The number of hydrogen-bond donors (Lipinski definition) is 1. The minimum Gasteiger partial charge on any atom is -0.379 e. The molecule has 2 fully saturated rings. The van der Waals surface area contributed by atoms with Gasteiger partial charge < -0.3 is 15.0 Å². The summed E-state index contributed by atoms with van der Waals surface area (Å²) in [6, 6.07) is 0. The van der Waals surface area contributed by atoms with Gasteiger partial charge in [0, 0.05) is 39.0 Å². The largest absolute Gasteiger partial charge is 0.379 e. The molecule has 1 unspecified atom stereocenters. The highest BCUT2D eigenvalue weighted by atomic mass is 32.2. The third-order valence-electron chi connectivity index (χ3n) is 4.89. The standard InChI is InChI=1S/C18H34N4OS/c1-4-6-7-9-21(3)17(19-5-2)20-15-18(8-14-24-16-18)22-10-12-23-13-11-22/h4H,1,5-16H2,2-3H3,(H,19,20). The predicted octanol–water partition coefficient (Wildman–Crippen LogP) is 2.06. The molecule has 0 spiro atoms. The van der Waals surface area contributed by atoms with Gasteiger partial charge in [-0.15, -0.1) is 6.58 Å². The van der Waals surface area contributed by atoms with Crippen molar-refractivity contribution < 1.29 is 4.74 Å². The molecular weight excluding hydrogens is 320 g/mol. The molecule has 2 saturated heterocycles. The third kappa shape index (κ3) is 5.39. The van der Waals surface area contributed by atoms with E-state index in [9.17, 15) is 0 Å². The highest BCUT2D eigenvalue weighted by Gasteiger charge is 2.40. The van der Waals surface area contributed by atoms with E-state index in [0.717, 1.165) is 64.7 Å². The molecule has 0 aromatic carbocycles. The molecule has 2 aliphatic rings. The molecular formula is C18H34N4OS.